The highest BCUT2D eigenvalue weighted by molar-refractivity contribution is 5.77. The monoisotopic (exact) mass is 447 g/mol. The molecule has 0 saturated carbocycles. The third kappa shape index (κ3) is 5.67. The lowest BCUT2D eigenvalue weighted by Gasteiger charge is -2.23. The van der Waals surface area contributed by atoms with Crippen LogP contribution in [0.25, 0.3) is 11.1 Å². The number of benzene rings is 2. The van der Waals surface area contributed by atoms with Crippen LogP contribution in [0.4, 0.5) is 0 Å². The highest BCUT2D eigenvalue weighted by atomic mass is 16.5. The van der Waals surface area contributed by atoms with Gasteiger partial charge in [0.15, 0.2) is 5.82 Å². The molecule has 1 atom stereocenters. The van der Waals surface area contributed by atoms with E-state index in [1.54, 1.807) is 0 Å². The van der Waals surface area contributed by atoms with Gasteiger partial charge >= 0.3 is 0 Å². The average Bonchev–Trinajstić information content (AvgIpc) is 3.12. The first kappa shape index (κ1) is 23.1. The van der Waals surface area contributed by atoms with E-state index < -0.39 is 0 Å². The minimum Gasteiger partial charge on any atom is -0.375 e. The van der Waals surface area contributed by atoms with Crippen molar-refractivity contribution < 1.29 is 9.53 Å². The second-order valence-corrected chi connectivity index (χ2v) is 8.94. The van der Waals surface area contributed by atoms with Crippen LogP contribution >= 0.6 is 0 Å². The lowest BCUT2D eigenvalue weighted by atomic mass is 10.0. The first-order chi connectivity index (χ1) is 16.0. The van der Waals surface area contributed by atoms with Crippen LogP contribution in [0, 0.1) is 5.92 Å². The summed E-state index contributed by atoms with van der Waals surface area (Å²) in [6, 6.07) is 19.1. The summed E-state index contributed by atoms with van der Waals surface area (Å²) in [5.41, 5.74) is 3.78. The molecule has 1 amide bonds. The molecule has 1 aliphatic heterocycles. The van der Waals surface area contributed by atoms with Crippen molar-refractivity contribution in [3.8, 4) is 11.1 Å². The van der Waals surface area contributed by atoms with Gasteiger partial charge in [0, 0.05) is 39.7 Å². The molecule has 1 N–H and O–H groups in total. The highest BCUT2D eigenvalue weighted by Crippen LogP contribution is 2.24. The van der Waals surface area contributed by atoms with Gasteiger partial charge in [-0.2, -0.15) is 0 Å². The Hall–Kier alpha value is -3.03. The van der Waals surface area contributed by atoms with E-state index in [0.29, 0.717) is 0 Å². The average molecular weight is 448 g/mol. The SMILES string of the molecule is COCC(=O)N[C@@H](c1nnc2n1CCN(Cc1ccc(-c3ccccc3)cc1)CC2)C(C)C. The molecule has 3 aromatic rings. The van der Waals surface area contributed by atoms with E-state index in [2.05, 4.69) is 87.4 Å². The van der Waals surface area contributed by atoms with Crippen molar-refractivity contribution in [3.63, 3.8) is 0 Å². The molecule has 0 saturated heterocycles. The van der Waals surface area contributed by atoms with Gasteiger partial charge in [-0.25, -0.2) is 0 Å². The molecule has 0 spiro atoms. The van der Waals surface area contributed by atoms with E-state index in [0.717, 1.165) is 44.2 Å². The molecule has 7 nitrogen and oxygen atoms in total. The Morgan fingerprint density at radius 3 is 2.42 bits per heavy atom. The largest absolute Gasteiger partial charge is 0.375 e. The van der Waals surface area contributed by atoms with Gasteiger partial charge in [-0.05, 0) is 22.6 Å². The summed E-state index contributed by atoms with van der Waals surface area (Å²) >= 11 is 0. The molecule has 0 radical (unpaired) electrons. The molecule has 1 aliphatic rings. The van der Waals surface area contributed by atoms with Crippen LogP contribution in [0.1, 0.15) is 37.1 Å². The van der Waals surface area contributed by atoms with Crippen molar-refractivity contribution in [2.24, 2.45) is 5.92 Å². The van der Waals surface area contributed by atoms with Crippen molar-refractivity contribution in [2.75, 3.05) is 26.8 Å². The smallest absolute Gasteiger partial charge is 0.246 e. The molecule has 2 heterocycles. The molecular formula is C26H33N5O2. The van der Waals surface area contributed by atoms with Gasteiger partial charge < -0.3 is 14.6 Å². The Bertz CT molecular complexity index is 1050. The van der Waals surface area contributed by atoms with Crippen molar-refractivity contribution in [3.05, 3.63) is 71.8 Å². The van der Waals surface area contributed by atoms with Gasteiger partial charge in [0.25, 0.3) is 0 Å². The molecule has 2 aromatic carbocycles. The topological polar surface area (TPSA) is 72.3 Å². The standard InChI is InChI=1S/C26H33N5O2/c1-19(2)25(27-24(32)18-33-3)26-29-28-23-13-14-30(15-16-31(23)26)17-20-9-11-22(12-10-20)21-7-5-4-6-8-21/h4-12,19,25H,13-18H2,1-3H3,(H,27,32)/t25-/m1/s1. The van der Waals surface area contributed by atoms with Crippen LogP contribution in [-0.4, -0.2) is 52.4 Å². The molecule has 4 rings (SSSR count). The summed E-state index contributed by atoms with van der Waals surface area (Å²) in [6.45, 7) is 7.77. The minimum absolute atomic E-state index is 0.0427. The Kier molecular flexibility index (Phi) is 7.52. The third-order valence-corrected chi connectivity index (χ3v) is 6.15. The Morgan fingerprint density at radius 1 is 1.00 bits per heavy atom. The van der Waals surface area contributed by atoms with E-state index in [4.69, 9.17) is 4.74 Å². The molecular weight excluding hydrogens is 414 g/mol. The third-order valence-electron chi connectivity index (χ3n) is 6.15. The van der Waals surface area contributed by atoms with Crippen LogP contribution in [0.3, 0.4) is 0 Å². The van der Waals surface area contributed by atoms with Gasteiger partial charge in [0.1, 0.15) is 12.4 Å². The summed E-state index contributed by atoms with van der Waals surface area (Å²) in [5, 5.41) is 12.0. The van der Waals surface area contributed by atoms with Crippen LogP contribution in [-0.2, 0) is 29.0 Å². The zero-order valence-corrected chi connectivity index (χ0v) is 19.7. The number of hydrogen-bond donors (Lipinski definition) is 1. The highest BCUT2D eigenvalue weighted by Gasteiger charge is 2.27. The van der Waals surface area contributed by atoms with Crippen molar-refractivity contribution >= 4 is 5.91 Å². The molecule has 174 valence electrons. The summed E-state index contributed by atoms with van der Waals surface area (Å²) in [7, 11) is 1.52. The fraction of sp³-hybridized carbons (Fsp3) is 0.423. The van der Waals surface area contributed by atoms with E-state index in [1.165, 1.54) is 23.8 Å². The molecule has 7 heteroatoms. The number of hydrogen-bond acceptors (Lipinski definition) is 5. The summed E-state index contributed by atoms with van der Waals surface area (Å²) < 4.78 is 7.17. The van der Waals surface area contributed by atoms with E-state index >= 15 is 0 Å². The fourth-order valence-corrected chi connectivity index (χ4v) is 4.34. The number of rotatable bonds is 8. The summed E-state index contributed by atoms with van der Waals surface area (Å²) in [6.07, 6.45) is 0.839. The number of aromatic nitrogens is 3. The molecule has 0 unspecified atom stereocenters. The number of nitrogens with zero attached hydrogens (tertiary/aromatic N) is 4. The van der Waals surface area contributed by atoms with Crippen LogP contribution in [0.2, 0.25) is 0 Å². The van der Waals surface area contributed by atoms with Gasteiger partial charge in [-0.1, -0.05) is 68.4 Å². The van der Waals surface area contributed by atoms with Gasteiger partial charge in [0.2, 0.25) is 5.91 Å². The predicted octanol–water partition coefficient (Wildman–Crippen LogP) is 3.46. The maximum atomic E-state index is 12.2. The first-order valence-corrected chi connectivity index (χ1v) is 11.6. The summed E-state index contributed by atoms with van der Waals surface area (Å²) in [5.74, 6) is 1.88. The quantitative estimate of drug-likeness (QED) is 0.573. The molecule has 0 bridgehead atoms. The van der Waals surface area contributed by atoms with E-state index in [-0.39, 0.29) is 24.5 Å². The molecule has 33 heavy (non-hydrogen) atoms. The molecule has 1 aromatic heterocycles. The van der Waals surface area contributed by atoms with E-state index in [1.807, 2.05) is 6.07 Å². The van der Waals surface area contributed by atoms with Gasteiger partial charge in [-0.3, -0.25) is 9.69 Å². The second-order valence-electron chi connectivity index (χ2n) is 8.94. The number of ether oxygens (including phenoxy) is 1. The normalized spacial score (nSPS) is 15.2. The minimum atomic E-state index is -0.189. The molecule has 0 aliphatic carbocycles. The van der Waals surface area contributed by atoms with Crippen LogP contribution in [0.15, 0.2) is 54.6 Å². The number of carbonyl (C=O) groups excluding carboxylic acids is 1. The fourth-order valence-electron chi connectivity index (χ4n) is 4.34. The maximum Gasteiger partial charge on any atom is 0.246 e. The Labute approximate surface area is 195 Å². The lowest BCUT2D eigenvalue weighted by Crippen LogP contribution is -2.36. The van der Waals surface area contributed by atoms with Crippen LogP contribution in [0.5, 0.6) is 0 Å². The number of carbonyl (C=O) groups is 1. The second kappa shape index (κ2) is 10.7. The lowest BCUT2D eigenvalue weighted by molar-refractivity contribution is -0.125. The predicted molar refractivity (Wildman–Crippen MR) is 128 cm³/mol. The van der Waals surface area contributed by atoms with Gasteiger partial charge in [-0.15, -0.1) is 10.2 Å². The van der Waals surface area contributed by atoms with Crippen molar-refractivity contribution in [1.29, 1.82) is 0 Å². The Balaban J connectivity index is 1.42. The van der Waals surface area contributed by atoms with Gasteiger partial charge in [0.05, 0.1) is 6.04 Å². The number of amides is 1. The number of fused-ring (bicyclic) bond motifs is 1. The maximum absolute atomic E-state index is 12.2. The summed E-state index contributed by atoms with van der Waals surface area (Å²) in [4.78, 5) is 14.6. The number of methoxy groups -OCH3 is 1. The number of nitrogens with one attached hydrogen (secondary N) is 1. The first-order valence-electron chi connectivity index (χ1n) is 11.6. The van der Waals surface area contributed by atoms with Crippen molar-refractivity contribution in [2.45, 2.75) is 39.4 Å². The Morgan fingerprint density at radius 2 is 1.73 bits per heavy atom. The van der Waals surface area contributed by atoms with Crippen LogP contribution < -0.4 is 5.32 Å². The van der Waals surface area contributed by atoms with E-state index in [9.17, 15) is 4.79 Å². The zero-order chi connectivity index (χ0) is 23.2. The zero-order valence-electron chi connectivity index (χ0n) is 19.7. The van der Waals surface area contributed by atoms with Crippen molar-refractivity contribution in [1.82, 2.24) is 25.0 Å². The molecule has 0 fully saturated rings.